The second-order valence-electron chi connectivity index (χ2n) is 3.58. The zero-order valence-corrected chi connectivity index (χ0v) is 10.0. The third-order valence-electron chi connectivity index (χ3n) is 2.24. The molecular weight excluding hydrogens is 257 g/mol. The highest BCUT2D eigenvalue weighted by atomic mass is 32.2. The molecule has 0 unspecified atom stereocenters. The second-order valence-corrected chi connectivity index (χ2v) is 5.19. The molecule has 7 heteroatoms. The maximum atomic E-state index is 12.0. The van der Waals surface area contributed by atoms with Gasteiger partial charge in [-0.1, -0.05) is 18.2 Å². The van der Waals surface area contributed by atoms with E-state index in [2.05, 4.69) is 4.18 Å². The first kappa shape index (κ1) is 14.0. The van der Waals surface area contributed by atoms with Crippen LogP contribution in [0, 0.1) is 13.8 Å². The fourth-order valence-electron chi connectivity index (χ4n) is 1.11. The molecule has 0 fully saturated rings. The van der Waals surface area contributed by atoms with E-state index in [0.717, 1.165) is 11.1 Å². The first-order valence-corrected chi connectivity index (χ1v) is 6.06. The van der Waals surface area contributed by atoms with Crippen LogP contribution in [0.15, 0.2) is 18.2 Å². The second kappa shape index (κ2) is 4.66. The van der Waals surface area contributed by atoms with Gasteiger partial charge in [0.2, 0.25) is 0 Å². The summed E-state index contributed by atoms with van der Waals surface area (Å²) in [5.41, 5.74) is -3.18. The van der Waals surface area contributed by atoms with E-state index in [0.29, 0.717) is 5.56 Å². The summed E-state index contributed by atoms with van der Waals surface area (Å²) in [5, 5.41) is 0. The van der Waals surface area contributed by atoms with Gasteiger partial charge in [-0.15, -0.1) is 0 Å². The van der Waals surface area contributed by atoms with Gasteiger partial charge in [0, 0.05) is 0 Å². The zero-order valence-electron chi connectivity index (χ0n) is 9.21. The Bertz CT molecular complexity index is 506. The lowest BCUT2D eigenvalue weighted by Crippen LogP contribution is -2.25. The number of aryl methyl sites for hydroxylation is 2. The molecule has 0 atom stereocenters. The maximum Gasteiger partial charge on any atom is 0.523 e. The van der Waals surface area contributed by atoms with Crippen molar-refractivity contribution >= 4 is 10.1 Å². The molecule has 1 rings (SSSR count). The molecule has 0 aliphatic heterocycles. The van der Waals surface area contributed by atoms with Crippen LogP contribution in [0.1, 0.15) is 16.7 Å². The monoisotopic (exact) mass is 268 g/mol. The molecule has 0 amide bonds. The maximum absolute atomic E-state index is 12.0. The number of benzene rings is 1. The van der Waals surface area contributed by atoms with Crippen LogP contribution in [-0.4, -0.2) is 13.9 Å². The highest BCUT2D eigenvalue weighted by molar-refractivity contribution is 7.87. The van der Waals surface area contributed by atoms with Gasteiger partial charge in [-0.3, -0.25) is 4.18 Å². The minimum Gasteiger partial charge on any atom is -0.258 e. The van der Waals surface area contributed by atoms with Crippen LogP contribution in [0.3, 0.4) is 0 Å². The summed E-state index contributed by atoms with van der Waals surface area (Å²) in [6.07, 6.45) is 0. The summed E-state index contributed by atoms with van der Waals surface area (Å²) in [7, 11) is -5.52. The zero-order chi connectivity index (χ0) is 13.3. The number of hydrogen-bond donors (Lipinski definition) is 0. The number of halogens is 3. The van der Waals surface area contributed by atoms with Crippen molar-refractivity contribution in [2.24, 2.45) is 0 Å². The Balaban J connectivity index is 2.78. The Morgan fingerprint density at radius 2 is 1.76 bits per heavy atom. The normalized spacial score (nSPS) is 12.8. The van der Waals surface area contributed by atoms with Crippen LogP contribution in [0.2, 0.25) is 0 Å². The molecule has 96 valence electrons. The van der Waals surface area contributed by atoms with Gasteiger partial charge in [0.05, 0.1) is 6.61 Å². The Morgan fingerprint density at radius 1 is 1.18 bits per heavy atom. The largest absolute Gasteiger partial charge is 0.523 e. The fraction of sp³-hybridized carbons (Fsp3) is 0.400. The molecular formula is C10H11F3O3S. The van der Waals surface area contributed by atoms with E-state index in [-0.39, 0.29) is 0 Å². The van der Waals surface area contributed by atoms with Gasteiger partial charge in [0.15, 0.2) is 0 Å². The topological polar surface area (TPSA) is 43.4 Å². The molecule has 0 N–H and O–H groups in total. The molecule has 0 aromatic heterocycles. The summed E-state index contributed by atoms with van der Waals surface area (Å²) in [6.45, 7) is 2.99. The molecule has 0 bridgehead atoms. The Morgan fingerprint density at radius 3 is 2.24 bits per heavy atom. The summed E-state index contributed by atoms with van der Waals surface area (Å²) in [4.78, 5) is 0. The predicted octanol–water partition coefficient (Wildman–Crippen LogP) is 2.67. The third kappa shape index (κ3) is 3.44. The van der Waals surface area contributed by atoms with Gasteiger partial charge in [0.25, 0.3) is 0 Å². The van der Waals surface area contributed by atoms with Crippen molar-refractivity contribution in [3.8, 4) is 0 Å². The van der Waals surface area contributed by atoms with Gasteiger partial charge < -0.3 is 0 Å². The molecule has 0 aliphatic rings. The van der Waals surface area contributed by atoms with Crippen molar-refractivity contribution in [2.75, 3.05) is 0 Å². The molecule has 0 aliphatic carbocycles. The van der Waals surface area contributed by atoms with Crippen molar-refractivity contribution in [1.29, 1.82) is 0 Å². The Kier molecular flexibility index (Phi) is 3.83. The van der Waals surface area contributed by atoms with Crippen LogP contribution in [0.5, 0.6) is 0 Å². The minimum absolute atomic E-state index is 0.376. The van der Waals surface area contributed by atoms with E-state index < -0.39 is 22.2 Å². The highest BCUT2D eigenvalue weighted by Crippen LogP contribution is 2.25. The number of alkyl halides is 3. The highest BCUT2D eigenvalue weighted by Gasteiger charge is 2.47. The molecule has 1 aromatic rings. The van der Waals surface area contributed by atoms with Crippen LogP contribution in [0.4, 0.5) is 13.2 Å². The fourth-order valence-corrected chi connectivity index (χ4v) is 1.53. The lowest BCUT2D eigenvalue weighted by atomic mass is 10.1. The molecule has 3 nitrogen and oxygen atoms in total. The van der Waals surface area contributed by atoms with Gasteiger partial charge >= 0.3 is 15.6 Å². The van der Waals surface area contributed by atoms with Gasteiger partial charge in [-0.2, -0.15) is 21.6 Å². The quantitative estimate of drug-likeness (QED) is 0.625. The van der Waals surface area contributed by atoms with Crippen LogP contribution in [0.25, 0.3) is 0 Å². The molecule has 0 saturated carbocycles. The van der Waals surface area contributed by atoms with E-state index >= 15 is 0 Å². The summed E-state index contributed by atoms with van der Waals surface area (Å²) in [5.74, 6) is 0. The van der Waals surface area contributed by atoms with Crippen molar-refractivity contribution in [3.05, 3.63) is 34.9 Å². The van der Waals surface area contributed by atoms with E-state index in [9.17, 15) is 21.6 Å². The van der Waals surface area contributed by atoms with Crippen LogP contribution >= 0.6 is 0 Å². The first-order chi connectivity index (χ1) is 7.63. The van der Waals surface area contributed by atoms with E-state index in [4.69, 9.17) is 0 Å². The Labute approximate surface area is 97.3 Å². The van der Waals surface area contributed by atoms with E-state index in [1.165, 1.54) is 6.07 Å². The number of rotatable bonds is 3. The molecule has 0 heterocycles. The smallest absolute Gasteiger partial charge is 0.258 e. The lowest BCUT2D eigenvalue weighted by Gasteiger charge is -2.09. The van der Waals surface area contributed by atoms with E-state index in [1.54, 1.807) is 19.1 Å². The molecule has 0 spiro atoms. The SMILES string of the molecule is Cc1ccc(COS(=O)(=O)C(F)(F)F)cc1C. The average Bonchev–Trinajstić information content (AvgIpc) is 2.18. The molecule has 1 aromatic carbocycles. The third-order valence-corrected chi connectivity index (χ3v) is 3.23. The first-order valence-electron chi connectivity index (χ1n) is 4.65. The van der Waals surface area contributed by atoms with Crippen molar-refractivity contribution in [3.63, 3.8) is 0 Å². The van der Waals surface area contributed by atoms with Gasteiger partial charge in [-0.05, 0) is 30.5 Å². The lowest BCUT2D eigenvalue weighted by molar-refractivity contribution is -0.0547. The van der Waals surface area contributed by atoms with Crippen molar-refractivity contribution < 1.29 is 25.8 Å². The van der Waals surface area contributed by atoms with Crippen LogP contribution < -0.4 is 0 Å². The predicted molar refractivity (Wildman–Crippen MR) is 55.7 cm³/mol. The van der Waals surface area contributed by atoms with Crippen molar-refractivity contribution in [1.82, 2.24) is 0 Å². The van der Waals surface area contributed by atoms with Gasteiger partial charge in [-0.25, -0.2) is 0 Å². The molecule has 0 saturated heterocycles. The number of hydrogen-bond acceptors (Lipinski definition) is 3. The molecule has 0 radical (unpaired) electrons. The van der Waals surface area contributed by atoms with Crippen molar-refractivity contribution in [2.45, 2.75) is 26.0 Å². The van der Waals surface area contributed by atoms with E-state index in [1.807, 2.05) is 6.92 Å². The average molecular weight is 268 g/mol. The van der Waals surface area contributed by atoms with Gasteiger partial charge in [0.1, 0.15) is 0 Å². The summed E-state index contributed by atoms with van der Waals surface area (Å²) < 4.78 is 61.1. The summed E-state index contributed by atoms with van der Waals surface area (Å²) in [6, 6.07) is 4.80. The standard InChI is InChI=1S/C10H11F3O3S/c1-7-3-4-9(5-8(7)2)6-16-17(14,15)10(11,12)13/h3-5H,6H2,1-2H3. The summed E-state index contributed by atoms with van der Waals surface area (Å²) >= 11 is 0. The minimum atomic E-state index is -5.52. The Hall–Kier alpha value is -1.08. The molecule has 17 heavy (non-hydrogen) atoms. The van der Waals surface area contributed by atoms with Crippen LogP contribution in [-0.2, 0) is 20.9 Å².